The maximum atomic E-state index is 4.89. The lowest BCUT2D eigenvalue weighted by Crippen LogP contribution is -1.91. The third-order valence-corrected chi connectivity index (χ3v) is 11.5. The second-order valence-electron chi connectivity index (χ2n) is 14.1. The monoisotopic (exact) mass is 655 g/mol. The van der Waals surface area contributed by atoms with Gasteiger partial charge < -0.3 is 0 Å². The summed E-state index contributed by atoms with van der Waals surface area (Å²) in [7, 11) is 0. The maximum Gasteiger partial charge on any atom is 0.0708 e. The van der Waals surface area contributed by atoms with Crippen LogP contribution in [-0.4, -0.2) is 4.98 Å². The van der Waals surface area contributed by atoms with Gasteiger partial charge in [-0.3, -0.25) is 4.98 Å². The van der Waals surface area contributed by atoms with Crippen LogP contribution < -0.4 is 0 Å². The van der Waals surface area contributed by atoms with E-state index in [2.05, 4.69) is 164 Å². The highest BCUT2D eigenvalue weighted by Gasteiger charge is 2.27. The predicted molar refractivity (Wildman–Crippen MR) is 223 cm³/mol. The Bertz CT molecular complexity index is 3360. The standard InChI is InChI=1S/C51H29N/c1-3-14-30(15-4-1)44-42-29-40-35-21-10-9-20-34(35)36-22-13-23-38(46(36)40)48(42)45(31-16-5-2-6-17-31)51-41-28-32-18-7-8-19-33(32)47-37(43-24-11-12-27-52-43)25-26-39(49(41)47)50(44)51/h1-29H. The Morgan fingerprint density at radius 1 is 0.288 bits per heavy atom. The van der Waals surface area contributed by atoms with Gasteiger partial charge in [-0.15, -0.1) is 0 Å². The summed E-state index contributed by atoms with van der Waals surface area (Å²) in [6.45, 7) is 0. The van der Waals surface area contributed by atoms with Crippen molar-refractivity contribution in [3.05, 3.63) is 176 Å². The topological polar surface area (TPSA) is 12.9 Å². The van der Waals surface area contributed by atoms with Crippen LogP contribution in [0.1, 0.15) is 0 Å². The van der Waals surface area contributed by atoms with Crippen LogP contribution in [0, 0.1) is 0 Å². The lowest BCUT2D eigenvalue weighted by atomic mass is 9.84. The first kappa shape index (κ1) is 27.9. The van der Waals surface area contributed by atoms with E-state index in [4.69, 9.17) is 4.98 Å². The molecular weight excluding hydrogens is 627 g/mol. The van der Waals surface area contributed by atoms with Crippen molar-refractivity contribution in [2.75, 3.05) is 0 Å². The molecule has 0 radical (unpaired) electrons. The van der Waals surface area contributed by atoms with Crippen molar-refractivity contribution in [3.8, 4) is 33.5 Å². The van der Waals surface area contributed by atoms with E-state index in [1.165, 1.54) is 114 Å². The largest absolute Gasteiger partial charge is 0.256 e. The number of hydrogen-bond acceptors (Lipinski definition) is 1. The lowest BCUT2D eigenvalue weighted by Gasteiger charge is -2.19. The summed E-state index contributed by atoms with van der Waals surface area (Å²) in [6.07, 6.45) is 1.91. The van der Waals surface area contributed by atoms with E-state index in [0.717, 1.165) is 5.69 Å². The van der Waals surface area contributed by atoms with Crippen molar-refractivity contribution in [1.29, 1.82) is 0 Å². The molecule has 0 atom stereocenters. The van der Waals surface area contributed by atoms with Crippen molar-refractivity contribution < 1.29 is 0 Å². The maximum absolute atomic E-state index is 4.89. The molecule has 0 fully saturated rings. The SMILES string of the molecule is c1ccc(-c2c3cc4c5ccccc5c5cccc(c3c(-c3ccccc3)c3c6cc7ccccc7c7c(-c8ccccn8)ccc(c23)c67)c54)cc1. The minimum absolute atomic E-state index is 0.994. The smallest absolute Gasteiger partial charge is 0.0708 e. The summed E-state index contributed by atoms with van der Waals surface area (Å²) in [5.41, 5.74) is 7.23. The molecule has 12 rings (SSSR count). The van der Waals surface area contributed by atoms with Gasteiger partial charge in [0.05, 0.1) is 5.69 Å². The van der Waals surface area contributed by atoms with Crippen molar-refractivity contribution in [2.24, 2.45) is 0 Å². The number of benzene rings is 9. The molecule has 0 aliphatic carbocycles. The number of nitrogens with zero attached hydrogens (tertiary/aromatic N) is 1. The highest BCUT2D eigenvalue weighted by molar-refractivity contribution is 6.46. The summed E-state index contributed by atoms with van der Waals surface area (Å²) in [4.78, 5) is 4.89. The highest BCUT2D eigenvalue weighted by Crippen LogP contribution is 2.56. The highest BCUT2D eigenvalue weighted by atomic mass is 14.7. The van der Waals surface area contributed by atoms with Crippen LogP contribution in [0.2, 0.25) is 0 Å². The molecule has 0 unspecified atom stereocenters. The van der Waals surface area contributed by atoms with Crippen molar-refractivity contribution in [3.63, 3.8) is 0 Å². The quantitative estimate of drug-likeness (QED) is 0.173. The first-order valence-electron chi connectivity index (χ1n) is 18.1. The Labute approximate surface area is 299 Å². The molecule has 0 saturated carbocycles. The second kappa shape index (κ2) is 10.4. The summed E-state index contributed by atoms with van der Waals surface area (Å²) < 4.78 is 0. The zero-order valence-electron chi connectivity index (χ0n) is 28.2. The molecule has 0 spiro atoms. The lowest BCUT2D eigenvalue weighted by molar-refractivity contribution is 1.33. The molecule has 0 aliphatic heterocycles. The van der Waals surface area contributed by atoms with Gasteiger partial charge in [-0.2, -0.15) is 0 Å². The van der Waals surface area contributed by atoms with Gasteiger partial charge in [0.25, 0.3) is 0 Å². The van der Waals surface area contributed by atoms with Gasteiger partial charge in [0.1, 0.15) is 0 Å². The Morgan fingerprint density at radius 3 is 1.67 bits per heavy atom. The first-order chi connectivity index (χ1) is 25.8. The molecule has 1 aromatic heterocycles. The number of rotatable bonds is 3. The Hall–Kier alpha value is -6.83. The van der Waals surface area contributed by atoms with Crippen LogP contribution in [0.25, 0.3) is 120 Å². The van der Waals surface area contributed by atoms with Crippen LogP contribution in [-0.2, 0) is 0 Å². The molecule has 0 amide bonds. The fourth-order valence-corrected chi connectivity index (χ4v) is 9.57. The Balaban J connectivity index is 1.44. The zero-order valence-corrected chi connectivity index (χ0v) is 28.2. The normalized spacial score (nSPS) is 12.2. The summed E-state index contributed by atoms with van der Waals surface area (Å²) in [5.74, 6) is 0. The molecule has 238 valence electrons. The summed E-state index contributed by atoms with van der Waals surface area (Å²) in [5, 5.41) is 20.8. The van der Waals surface area contributed by atoms with Gasteiger partial charge in [0.2, 0.25) is 0 Å². The fourth-order valence-electron chi connectivity index (χ4n) is 9.57. The molecule has 0 N–H and O–H groups in total. The van der Waals surface area contributed by atoms with E-state index >= 15 is 0 Å². The van der Waals surface area contributed by atoms with Crippen LogP contribution in [0.15, 0.2) is 176 Å². The average Bonchev–Trinajstić information content (AvgIpc) is 3.72. The summed E-state index contributed by atoms with van der Waals surface area (Å²) >= 11 is 0. The van der Waals surface area contributed by atoms with Crippen molar-refractivity contribution in [2.45, 2.75) is 0 Å². The van der Waals surface area contributed by atoms with E-state index in [9.17, 15) is 0 Å². The van der Waals surface area contributed by atoms with Crippen LogP contribution in [0.4, 0.5) is 0 Å². The number of hydrogen-bond donors (Lipinski definition) is 0. The van der Waals surface area contributed by atoms with Crippen LogP contribution >= 0.6 is 0 Å². The summed E-state index contributed by atoms with van der Waals surface area (Å²) in [6, 6.07) is 62.8. The van der Waals surface area contributed by atoms with E-state index in [0.29, 0.717) is 0 Å². The molecule has 0 saturated heterocycles. The minimum Gasteiger partial charge on any atom is -0.256 e. The molecule has 0 bridgehead atoms. The van der Waals surface area contributed by atoms with E-state index in [-0.39, 0.29) is 0 Å². The molecule has 1 heterocycles. The Morgan fingerprint density at radius 2 is 0.904 bits per heavy atom. The van der Waals surface area contributed by atoms with Gasteiger partial charge in [-0.05, 0) is 127 Å². The molecule has 11 aromatic carbocycles. The van der Waals surface area contributed by atoms with Gasteiger partial charge in [0.15, 0.2) is 0 Å². The van der Waals surface area contributed by atoms with Crippen LogP contribution in [0.3, 0.4) is 0 Å². The molecule has 1 heteroatoms. The van der Waals surface area contributed by atoms with E-state index < -0.39 is 0 Å². The average molecular weight is 656 g/mol. The number of pyridine rings is 1. The third-order valence-electron chi connectivity index (χ3n) is 11.5. The predicted octanol–water partition coefficient (Wildman–Crippen LogP) is 14.2. The number of fused-ring (bicyclic) bond motifs is 10. The van der Waals surface area contributed by atoms with Crippen LogP contribution in [0.5, 0.6) is 0 Å². The van der Waals surface area contributed by atoms with Gasteiger partial charge >= 0.3 is 0 Å². The second-order valence-corrected chi connectivity index (χ2v) is 14.1. The zero-order chi connectivity index (χ0) is 33.9. The van der Waals surface area contributed by atoms with Gasteiger partial charge in [0, 0.05) is 17.1 Å². The third kappa shape index (κ3) is 3.59. The number of aromatic nitrogens is 1. The molecule has 12 aromatic rings. The first-order valence-corrected chi connectivity index (χ1v) is 18.1. The van der Waals surface area contributed by atoms with Crippen molar-refractivity contribution >= 4 is 86.2 Å². The van der Waals surface area contributed by atoms with Gasteiger partial charge in [-0.25, -0.2) is 0 Å². The Kier molecular flexibility index (Phi) is 5.56. The molecule has 0 aliphatic rings. The molecule has 1 nitrogen and oxygen atoms in total. The van der Waals surface area contributed by atoms with Crippen molar-refractivity contribution in [1.82, 2.24) is 4.98 Å². The van der Waals surface area contributed by atoms with E-state index in [1.54, 1.807) is 0 Å². The minimum atomic E-state index is 0.994. The molecular formula is C51H29N. The van der Waals surface area contributed by atoms with Gasteiger partial charge in [-0.1, -0.05) is 146 Å². The fraction of sp³-hybridized carbons (Fsp3) is 0. The van der Waals surface area contributed by atoms with E-state index in [1.807, 2.05) is 12.3 Å². The molecule has 52 heavy (non-hydrogen) atoms.